The number of benzene rings is 2. The Hall–Kier alpha value is -3.15. The summed E-state index contributed by atoms with van der Waals surface area (Å²) in [6.07, 6.45) is 1.71. The molecule has 0 N–H and O–H groups in total. The van der Waals surface area contributed by atoms with Gasteiger partial charge in [0.05, 0.1) is 11.5 Å². The van der Waals surface area contributed by atoms with Crippen LogP contribution in [0, 0.1) is 10.1 Å². The van der Waals surface area contributed by atoms with Crippen molar-refractivity contribution in [3.8, 4) is 5.75 Å². The molecule has 1 atom stereocenters. The predicted molar refractivity (Wildman–Crippen MR) is 103 cm³/mol. The number of nitro benzene ring substituents is 1. The zero-order valence-corrected chi connectivity index (χ0v) is 15.7. The van der Waals surface area contributed by atoms with Crippen molar-refractivity contribution in [2.45, 2.75) is 33.3 Å². The smallest absolute Gasteiger partial charge is 0.331 e. The van der Waals surface area contributed by atoms with Gasteiger partial charge in [-0.25, -0.2) is 4.79 Å². The van der Waals surface area contributed by atoms with Crippen molar-refractivity contribution >= 4 is 17.2 Å². The van der Waals surface area contributed by atoms with Gasteiger partial charge in [0.15, 0.2) is 5.75 Å². The van der Waals surface area contributed by atoms with Crippen LogP contribution in [0.4, 0.5) is 5.69 Å². The number of allylic oxidation sites excluding steroid dienone is 1. The normalized spacial score (nSPS) is 12.3. The van der Waals surface area contributed by atoms with Gasteiger partial charge in [0.25, 0.3) is 0 Å². The molecule has 2 rings (SSSR count). The predicted octanol–water partition coefficient (Wildman–Crippen LogP) is 5.09. The Morgan fingerprint density at radius 3 is 2.48 bits per heavy atom. The van der Waals surface area contributed by atoms with E-state index in [0.717, 1.165) is 5.56 Å². The van der Waals surface area contributed by atoms with E-state index >= 15 is 0 Å². The van der Waals surface area contributed by atoms with Gasteiger partial charge < -0.3 is 9.47 Å². The summed E-state index contributed by atoms with van der Waals surface area (Å²) < 4.78 is 10.8. The number of rotatable bonds is 8. The third-order valence-corrected chi connectivity index (χ3v) is 4.04. The van der Waals surface area contributed by atoms with E-state index in [1.807, 2.05) is 37.3 Å². The average molecular weight is 369 g/mol. The molecule has 0 saturated carbocycles. The second-order valence-corrected chi connectivity index (χ2v) is 5.94. The number of nitrogens with zero attached hydrogens (tertiary/aromatic N) is 1. The van der Waals surface area contributed by atoms with E-state index in [-0.39, 0.29) is 24.1 Å². The summed E-state index contributed by atoms with van der Waals surface area (Å²) in [6.45, 7) is 5.65. The van der Waals surface area contributed by atoms with Crippen molar-refractivity contribution in [2.75, 3.05) is 6.61 Å². The number of hydrogen-bond acceptors (Lipinski definition) is 5. The molecule has 0 saturated heterocycles. The van der Waals surface area contributed by atoms with Gasteiger partial charge in [0.2, 0.25) is 0 Å². The molecule has 0 aliphatic carbocycles. The zero-order chi connectivity index (χ0) is 19.8. The molecule has 0 fully saturated rings. The maximum atomic E-state index is 11.6. The monoisotopic (exact) mass is 369 g/mol. The average Bonchev–Trinajstić information content (AvgIpc) is 2.66. The quantitative estimate of drug-likeness (QED) is 0.280. The molecule has 0 radical (unpaired) electrons. The maximum absolute atomic E-state index is 11.6. The number of hydrogen-bond donors (Lipinski definition) is 0. The number of ether oxygens (including phenoxy) is 2. The van der Waals surface area contributed by atoms with Gasteiger partial charge in [-0.3, -0.25) is 10.1 Å². The summed E-state index contributed by atoms with van der Waals surface area (Å²) in [5.74, 6) is -0.281. The second kappa shape index (κ2) is 9.52. The second-order valence-electron chi connectivity index (χ2n) is 5.94. The van der Waals surface area contributed by atoms with E-state index in [9.17, 15) is 14.9 Å². The van der Waals surface area contributed by atoms with E-state index in [4.69, 9.17) is 9.47 Å². The standard InChI is InChI=1S/C21H23NO5/c1-4-19(16-9-7-6-8-10-16)27-20-12-11-17(14-18(20)22(24)25)15(3)13-21(23)26-5-2/h6-14,19H,4-5H2,1-3H3. The Labute approximate surface area is 158 Å². The fraction of sp³-hybridized carbons (Fsp3) is 0.286. The molecule has 2 aromatic rings. The molecule has 0 amide bonds. The summed E-state index contributed by atoms with van der Waals surface area (Å²) in [5.41, 5.74) is 1.96. The van der Waals surface area contributed by atoms with Crippen molar-refractivity contribution in [1.29, 1.82) is 0 Å². The van der Waals surface area contributed by atoms with Crippen LogP contribution in [-0.4, -0.2) is 17.5 Å². The summed E-state index contributed by atoms with van der Waals surface area (Å²) in [5, 5.41) is 11.5. The van der Waals surface area contributed by atoms with E-state index in [1.165, 1.54) is 12.1 Å². The Balaban J connectivity index is 2.33. The van der Waals surface area contributed by atoms with Gasteiger partial charge in [-0.05, 0) is 43.0 Å². The highest BCUT2D eigenvalue weighted by Gasteiger charge is 2.20. The molecule has 6 nitrogen and oxygen atoms in total. The molecular weight excluding hydrogens is 346 g/mol. The summed E-state index contributed by atoms with van der Waals surface area (Å²) in [4.78, 5) is 22.7. The number of carbonyl (C=O) groups is 1. The van der Waals surface area contributed by atoms with Crippen LogP contribution >= 0.6 is 0 Å². The van der Waals surface area contributed by atoms with Crippen LogP contribution in [0.5, 0.6) is 5.75 Å². The number of nitro groups is 1. The van der Waals surface area contributed by atoms with Gasteiger partial charge in [-0.1, -0.05) is 43.3 Å². The fourth-order valence-corrected chi connectivity index (χ4v) is 2.66. The minimum absolute atomic E-state index is 0.140. The van der Waals surface area contributed by atoms with Crippen molar-refractivity contribution in [2.24, 2.45) is 0 Å². The highest BCUT2D eigenvalue weighted by molar-refractivity contribution is 5.91. The third-order valence-electron chi connectivity index (χ3n) is 4.04. The summed E-state index contributed by atoms with van der Waals surface area (Å²) >= 11 is 0. The van der Waals surface area contributed by atoms with Crippen LogP contribution < -0.4 is 4.74 Å². The lowest BCUT2D eigenvalue weighted by molar-refractivity contribution is -0.386. The van der Waals surface area contributed by atoms with E-state index < -0.39 is 10.9 Å². The molecule has 0 bridgehead atoms. The maximum Gasteiger partial charge on any atom is 0.331 e. The first-order chi connectivity index (χ1) is 13.0. The molecule has 0 aliphatic rings. The first-order valence-corrected chi connectivity index (χ1v) is 8.81. The lowest BCUT2D eigenvalue weighted by Crippen LogP contribution is -2.08. The highest BCUT2D eigenvalue weighted by atomic mass is 16.6. The molecule has 2 aromatic carbocycles. The highest BCUT2D eigenvalue weighted by Crippen LogP contribution is 2.34. The van der Waals surface area contributed by atoms with Crippen LogP contribution in [0.15, 0.2) is 54.6 Å². The minimum atomic E-state index is -0.479. The molecule has 1 unspecified atom stereocenters. The molecule has 0 aromatic heterocycles. The van der Waals surface area contributed by atoms with Crippen molar-refractivity contribution in [3.63, 3.8) is 0 Å². The van der Waals surface area contributed by atoms with Gasteiger partial charge in [0, 0.05) is 12.1 Å². The van der Waals surface area contributed by atoms with Crippen molar-refractivity contribution in [1.82, 2.24) is 0 Å². The summed E-state index contributed by atoms with van der Waals surface area (Å²) in [7, 11) is 0. The number of esters is 1. The van der Waals surface area contributed by atoms with Gasteiger partial charge in [0.1, 0.15) is 6.10 Å². The van der Waals surface area contributed by atoms with Crippen LogP contribution in [0.25, 0.3) is 5.57 Å². The molecule has 6 heteroatoms. The minimum Gasteiger partial charge on any atom is -0.479 e. The molecule has 27 heavy (non-hydrogen) atoms. The topological polar surface area (TPSA) is 78.7 Å². The Morgan fingerprint density at radius 1 is 1.19 bits per heavy atom. The lowest BCUT2D eigenvalue weighted by atomic mass is 10.1. The first kappa shape index (κ1) is 20.2. The van der Waals surface area contributed by atoms with Gasteiger partial charge in [-0.15, -0.1) is 0 Å². The Kier molecular flexibility index (Phi) is 7.11. The summed E-state index contributed by atoms with van der Waals surface area (Å²) in [6, 6.07) is 14.3. The molecule has 0 heterocycles. The van der Waals surface area contributed by atoms with Crippen LogP contribution in [0.2, 0.25) is 0 Å². The van der Waals surface area contributed by atoms with Gasteiger partial charge in [-0.2, -0.15) is 0 Å². The van der Waals surface area contributed by atoms with E-state index in [0.29, 0.717) is 17.6 Å². The van der Waals surface area contributed by atoms with Crippen molar-refractivity contribution < 1.29 is 19.2 Å². The number of carbonyl (C=O) groups excluding carboxylic acids is 1. The molecule has 0 aliphatic heterocycles. The molecule has 142 valence electrons. The van der Waals surface area contributed by atoms with E-state index in [2.05, 4.69) is 0 Å². The Morgan fingerprint density at radius 2 is 1.89 bits per heavy atom. The van der Waals surface area contributed by atoms with Gasteiger partial charge >= 0.3 is 11.7 Å². The SMILES string of the molecule is CCOC(=O)C=C(C)c1ccc(OC(CC)c2ccccc2)c([N+](=O)[O-])c1. The van der Waals surface area contributed by atoms with Crippen LogP contribution in [0.1, 0.15) is 44.4 Å². The van der Waals surface area contributed by atoms with Crippen LogP contribution in [-0.2, 0) is 9.53 Å². The third kappa shape index (κ3) is 5.41. The Bertz CT molecular complexity index is 830. The van der Waals surface area contributed by atoms with E-state index in [1.54, 1.807) is 26.0 Å². The van der Waals surface area contributed by atoms with Crippen LogP contribution in [0.3, 0.4) is 0 Å². The van der Waals surface area contributed by atoms with Crippen molar-refractivity contribution in [3.05, 3.63) is 75.8 Å². The first-order valence-electron chi connectivity index (χ1n) is 8.81. The lowest BCUT2D eigenvalue weighted by Gasteiger charge is -2.18. The molecular formula is C21H23NO5. The largest absolute Gasteiger partial charge is 0.479 e. The molecule has 0 spiro atoms. The zero-order valence-electron chi connectivity index (χ0n) is 15.7. The fourth-order valence-electron chi connectivity index (χ4n) is 2.66.